The molecule has 1 atom stereocenters. The molecule has 1 aromatic carbocycles. The Bertz CT molecular complexity index is 626. The first-order valence-electron chi connectivity index (χ1n) is 9.88. The minimum atomic E-state index is 0. The summed E-state index contributed by atoms with van der Waals surface area (Å²) >= 11 is 0. The van der Waals surface area contributed by atoms with Crippen LogP contribution in [0.25, 0.3) is 0 Å². The van der Waals surface area contributed by atoms with Crippen LogP contribution in [0.2, 0.25) is 0 Å². The fourth-order valence-corrected chi connectivity index (χ4v) is 3.13. The van der Waals surface area contributed by atoms with E-state index < -0.39 is 0 Å². The zero-order valence-corrected chi connectivity index (χ0v) is 20.0. The van der Waals surface area contributed by atoms with E-state index in [1.54, 1.807) is 7.05 Å². The van der Waals surface area contributed by atoms with Crippen LogP contribution in [0.15, 0.2) is 29.3 Å². The second-order valence-corrected chi connectivity index (χ2v) is 7.59. The highest BCUT2D eigenvalue weighted by Gasteiger charge is 2.24. The number of ether oxygens (including phenoxy) is 1. The number of hydrogen-bond acceptors (Lipinski definition) is 3. The molecule has 1 saturated heterocycles. The molecule has 1 fully saturated rings. The van der Waals surface area contributed by atoms with Gasteiger partial charge in [0.1, 0.15) is 11.9 Å². The van der Waals surface area contributed by atoms with Crippen molar-refractivity contribution in [2.24, 2.45) is 10.9 Å². The van der Waals surface area contributed by atoms with Crippen LogP contribution in [0, 0.1) is 12.8 Å². The van der Waals surface area contributed by atoms with Gasteiger partial charge in [-0.1, -0.05) is 31.5 Å². The number of aliphatic imine (C=N–C) groups is 1. The SMILES string of the molecule is CN=C(NCC(C)Oc1ccc(C)cc1)NC1CCN(C(=O)C(C)C)CC1.I. The number of hydrogen-bond donors (Lipinski definition) is 2. The van der Waals surface area contributed by atoms with Crippen LogP contribution in [0.5, 0.6) is 5.75 Å². The van der Waals surface area contributed by atoms with Crippen molar-refractivity contribution >= 4 is 35.8 Å². The minimum absolute atomic E-state index is 0. The third-order valence-electron chi connectivity index (χ3n) is 4.78. The molecule has 2 rings (SSSR count). The molecular weight excluding hydrogens is 467 g/mol. The van der Waals surface area contributed by atoms with Gasteiger partial charge in [-0.25, -0.2) is 0 Å². The molecule has 0 aliphatic carbocycles. The minimum Gasteiger partial charge on any atom is -0.489 e. The van der Waals surface area contributed by atoms with Gasteiger partial charge < -0.3 is 20.3 Å². The standard InChI is InChI=1S/C21H34N4O2.HI/c1-15(2)20(26)25-12-10-18(11-13-25)24-21(22-5)23-14-17(4)27-19-8-6-16(3)7-9-19;/h6-9,15,17-18H,10-14H2,1-5H3,(H2,22,23,24);1H. The fraction of sp³-hybridized carbons (Fsp3) is 0.619. The van der Waals surface area contributed by atoms with E-state index in [-0.39, 0.29) is 41.9 Å². The van der Waals surface area contributed by atoms with Crippen molar-refractivity contribution in [2.45, 2.75) is 52.7 Å². The van der Waals surface area contributed by atoms with Crippen LogP contribution in [0.1, 0.15) is 39.2 Å². The third-order valence-corrected chi connectivity index (χ3v) is 4.78. The number of aryl methyl sites for hydroxylation is 1. The highest BCUT2D eigenvalue weighted by molar-refractivity contribution is 14.0. The molecule has 1 amide bonds. The zero-order chi connectivity index (χ0) is 19.8. The van der Waals surface area contributed by atoms with Crippen molar-refractivity contribution in [3.8, 4) is 5.75 Å². The van der Waals surface area contributed by atoms with Crippen LogP contribution in [-0.2, 0) is 4.79 Å². The van der Waals surface area contributed by atoms with E-state index in [4.69, 9.17) is 4.74 Å². The van der Waals surface area contributed by atoms with E-state index in [0.717, 1.165) is 37.6 Å². The Hall–Kier alpha value is -1.51. The van der Waals surface area contributed by atoms with Crippen molar-refractivity contribution in [3.05, 3.63) is 29.8 Å². The number of guanidine groups is 1. The summed E-state index contributed by atoms with van der Waals surface area (Å²) in [6, 6.07) is 8.41. The van der Waals surface area contributed by atoms with E-state index in [1.807, 2.05) is 49.9 Å². The Morgan fingerprint density at radius 1 is 1.21 bits per heavy atom. The predicted molar refractivity (Wildman–Crippen MR) is 126 cm³/mol. The molecule has 1 aromatic rings. The summed E-state index contributed by atoms with van der Waals surface area (Å²) in [7, 11) is 1.78. The molecule has 1 unspecified atom stereocenters. The maximum atomic E-state index is 12.1. The van der Waals surface area contributed by atoms with Crippen molar-refractivity contribution in [2.75, 3.05) is 26.7 Å². The number of nitrogens with one attached hydrogen (secondary N) is 2. The molecule has 0 saturated carbocycles. The van der Waals surface area contributed by atoms with Gasteiger partial charge >= 0.3 is 0 Å². The van der Waals surface area contributed by atoms with E-state index in [1.165, 1.54) is 5.56 Å². The smallest absolute Gasteiger partial charge is 0.225 e. The molecule has 1 aliphatic rings. The first-order valence-corrected chi connectivity index (χ1v) is 9.88. The molecule has 1 heterocycles. The molecule has 0 aromatic heterocycles. The van der Waals surface area contributed by atoms with Gasteiger partial charge in [-0.05, 0) is 38.8 Å². The molecule has 2 N–H and O–H groups in total. The van der Waals surface area contributed by atoms with Crippen molar-refractivity contribution in [3.63, 3.8) is 0 Å². The van der Waals surface area contributed by atoms with Crippen LogP contribution < -0.4 is 15.4 Å². The number of halogens is 1. The molecular formula is C21H35IN4O2. The summed E-state index contributed by atoms with van der Waals surface area (Å²) in [5.74, 6) is 1.97. The normalized spacial score (nSPS) is 16.4. The van der Waals surface area contributed by atoms with E-state index in [9.17, 15) is 4.79 Å². The quantitative estimate of drug-likeness (QED) is 0.357. The number of nitrogens with zero attached hydrogens (tertiary/aromatic N) is 2. The van der Waals surface area contributed by atoms with E-state index in [2.05, 4.69) is 22.5 Å². The number of rotatable bonds is 6. The molecule has 6 nitrogen and oxygen atoms in total. The molecule has 0 radical (unpaired) electrons. The van der Waals surface area contributed by atoms with Crippen molar-refractivity contribution in [1.29, 1.82) is 0 Å². The van der Waals surface area contributed by atoms with Gasteiger partial charge in [-0.15, -0.1) is 24.0 Å². The topological polar surface area (TPSA) is 66.0 Å². The van der Waals surface area contributed by atoms with Crippen LogP contribution in [0.3, 0.4) is 0 Å². The maximum absolute atomic E-state index is 12.1. The molecule has 28 heavy (non-hydrogen) atoms. The highest BCUT2D eigenvalue weighted by Crippen LogP contribution is 2.14. The number of piperidine rings is 1. The monoisotopic (exact) mass is 502 g/mol. The van der Waals surface area contributed by atoms with Gasteiger partial charge in [0.2, 0.25) is 5.91 Å². The first-order chi connectivity index (χ1) is 12.9. The Morgan fingerprint density at radius 2 is 1.82 bits per heavy atom. The zero-order valence-electron chi connectivity index (χ0n) is 17.7. The van der Waals surface area contributed by atoms with E-state index >= 15 is 0 Å². The highest BCUT2D eigenvalue weighted by atomic mass is 127. The summed E-state index contributed by atoms with van der Waals surface area (Å²) in [4.78, 5) is 18.4. The van der Waals surface area contributed by atoms with Gasteiger partial charge in [0.05, 0.1) is 6.54 Å². The summed E-state index contributed by atoms with van der Waals surface area (Å²) in [6.45, 7) is 10.3. The molecule has 7 heteroatoms. The number of carbonyl (C=O) groups excluding carboxylic acids is 1. The molecule has 0 spiro atoms. The largest absolute Gasteiger partial charge is 0.489 e. The third kappa shape index (κ3) is 7.85. The van der Waals surface area contributed by atoms with Gasteiger partial charge in [-0.3, -0.25) is 9.79 Å². The lowest BCUT2D eigenvalue weighted by atomic mass is 10.0. The second-order valence-electron chi connectivity index (χ2n) is 7.59. The number of carbonyl (C=O) groups is 1. The lowest BCUT2D eigenvalue weighted by molar-refractivity contribution is -0.135. The molecule has 1 aliphatic heterocycles. The molecule has 158 valence electrons. The lowest BCUT2D eigenvalue weighted by Gasteiger charge is -2.34. The van der Waals surface area contributed by atoms with Gasteiger partial charge in [0, 0.05) is 32.1 Å². The lowest BCUT2D eigenvalue weighted by Crippen LogP contribution is -2.51. The first kappa shape index (κ1) is 24.5. The number of benzene rings is 1. The Balaban J connectivity index is 0.00000392. The Labute approximate surface area is 186 Å². The Kier molecular flexibility index (Phi) is 10.6. The Morgan fingerprint density at radius 3 is 2.36 bits per heavy atom. The summed E-state index contributed by atoms with van der Waals surface area (Å²) in [5, 5.41) is 6.80. The van der Waals surface area contributed by atoms with E-state index in [0.29, 0.717) is 12.6 Å². The van der Waals surface area contributed by atoms with Gasteiger partial charge in [0.25, 0.3) is 0 Å². The van der Waals surface area contributed by atoms with Gasteiger partial charge in [0.15, 0.2) is 5.96 Å². The summed E-state index contributed by atoms with van der Waals surface area (Å²) in [6.07, 6.45) is 1.90. The van der Waals surface area contributed by atoms with Crippen LogP contribution in [0.4, 0.5) is 0 Å². The number of amides is 1. The number of likely N-dealkylation sites (tertiary alicyclic amines) is 1. The van der Waals surface area contributed by atoms with Crippen LogP contribution >= 0.6 is 24.0 Å². The fourth-order valence-electron chi connectivity index (χ4n) is 3.13. The van der Waals surface area contributed by atoms with Gasteiger partial charge in [-0.2, -0.15) is 0 Å². The maximum Gasteiger partial charge on any atom is 0.225 e. The summed E-state index contributed by atoms with van der Waals surface area (Å²) in [5.41, 5.74) is 1.22. The predicted octanol–water partition coefficient (Wildman–Crippen LogP) is 3.19. The summed E-state index contributed by atoms with van der Waals surface area (Å²) < 4.78 is 5.93. The molecule has 0 bridgehead atoms. The second kappa shape index (κ2) is 12.1. The van der Waals surface area contributed by atoms with Crippen molar-refractivity contribution < 1.29 is 9.53 Å². The van der Waals surface area contributed by atoms with Crippen molar-refractivity contribution in [1.82, 2.24) is 15.5 Å². The average Bonchev–Trinajstić information content (AvgIpc) is 2.66. The van der Waals surface area contributed by atoms with Crippen LogP contribution in [-0.4, -0.2) is 55.6 Å². The average molecular weight is 502 g/mol.